The van der Waals surface area contributed by atoms with Gasteiger partial charge in [-0.2, -0.15) is 0 Å². The zero-order valence-corrected chi connectivity index (χ0v) is 19.1. The molecule has 1 N–H and O–H groups in total. The third-order valence-electron chi connectivity index (χ3n) is 5.72. The minimum atomic E-state index is -0.415. The van der Waals surface area contributed by atoms with Crippen molar-refractivity contribution in [2.45, 2.75) is 39.8 Å². The highest BCUT2D eigenvalue weighted by atomic mass is 16.6. The average Bonchev–Trinajstić information content (AvgIpc) is 3.21. The second-order valence-corrected chi connectivity index (χ2v) is 8.57. The molecule has 3 aromatic rings. The van der Waals surface area contributed by atoms with Crippen LogP contribution in [0.1, 0.15) is 48.4 Å². The highest BCUT2D eigenvalue weighted by molar-refractivity contribution is 5.99. The summed E-state index contributed by atoms with van der Waals surface area (Å²) in [5.41, 5.74) is 4.18. The summed E-state index contributed by atoms with van der Waals surface area (Å²) in [6.07, 6.45) is 6.16. The van der Waals surface area contributed by atoms with Crippen LogP contribution in [0.15, 0.2) is 55.1 Å². The third-order valence-corrected chi connectivity index (χ3v) is 5.72. The van der Waals surface area contributed by atoms with Crippen LogP contribution < -0.4 is 10.2 Å². The molecule has 1 aliphatic heterocycles. The zero-order chi connectivity index (χ0) is 23.5. The van der Waals surface area contributed by atoms with Crippen LogP contribution in [-0.2, 0) is 4.74 Å². The van der Waals surface area contributed by atoms with Gasteiger partial charge >= 0.3 is 6.09 Å². The number of rotatable bonds is 6. The molecule has 2 amide bonds. The molecule has 2 atom stereocenters. The van der Waals surface area contributed by atoms with Crippen LogP contribution in [0.5, 0.6) is 0 Å². The van der Waals surface area contributed by atoms with E-state index < -0.39 is 6.09 Å². The molecule has 0 aliphatic carbocycles. The fraction of sp³-hybridized carbons (Fsp3) is 0.320. The molecule has 0 radical (unpaired) electrons. The first-order valence-electron chi connectivity index (χ1n) is 10.9. The lowest BCUT2D eigenvalue weighted by molar-refractivity contribution is 0.0939. The van der Waals surface area contributed by atoms with Gasteiger partial charge in [-0.25, -0.2) is 4.79 Å². The van der Waals surface area contributed by atoms with Gasteiger partial charge in [0.1, 0.15) is 6.61 Å². The summed E-state index contributed by atoms with van der Waals surface area (Å²) in [5, 5.41) is 2.97. The number of pyridine rings is 1. The van der Waals surface area contributed by atoms with E-state index in [0.717, 1.165) is 11.1 Å². The maximum Gasteiger partial charge on any atom is 0.414 e. The molecular weight excluding hydrogens is 418 g/mol. The molecule has 4 rings (SSSR count). The van der Waals surface area contributed by atoms with E-state index >= 15 is 0 Å². The summed E-state index contributed by atoms with van der Waals surface area (Å²) in [4.78, 5) is 40.3. The second kappa shape index (κ2) is 9.36. The van der Waals surface area contributed by atoms with Gasteiger partial charge in [-0.15, -0.1) is 0 Å². The Kier molecular flexibility index (Phi) is 6.35. The fourth-order valence-corrected chi connectivity index (χ4v) is 3.78. The fourth-order valence-electron chi connectivity index (χ4n) is 3.78. The molecule has 0 bridgehead atoms. The smallest absolute Gasteiger partial charge is 0.414 e. The van der Waals surface area contributed by atoms with Gasteiger partial charge in [0.2, 0.25) is 0 Å². The minimum Gasteiger partial charge on any atom is -0.447 e. The number of carbonyl (C=O) groups is 2. The van der Waals surface area contributed by atoms with Crippen LogP contribution in [0.3, 0.4) is 0 Å². The van der Waals surface area contributed by atoms with Crippen molar-refractivity contribution < 1.29 is 14.3 Å². The monoisotopic (exact) mass is 445 g/mol. The largest absolute Gasteiger partial charge is 0.447 e. The van der Waals surface area contributed by atoms with Gasteiger partial charge in [-0.05, 0) is 49.6 Å². The van der Waals surface area contributed by atoms with Crippen molar-refractivity contribution in [1.82, 2.24) is 20.3 Å². The average molecular weight is 446 g/mol. The molecule has 2 aromatic heterocycles. The molecular formula is C25H27N5O3. The number of cyclic esters (lactones) is 1. The standard InChI is InChI=1S/C25H27N5O3/c1-15(2)23-14-33-25(32)30(23)20-10-18(21-6-5-16(3)12-28-21)9-19(11-20)24(31)29-17(4)22-13-26-7-8-27-22/h5-13,15,17,23H,14H2,1-4H3,(H,29,31). The van der Waals surface area contributed by atoms with E-state index in [1.165, 1.54) is 0 Å². The molecule has 1 aromatic carbocycles. The SMILES string of the molecule is Cc1ccc(-c2cc(C(=O)NC(C)c3cnccn3)cc(N3C(=O)OCC3C(C)C)c2)nc1. The van der Waals surface area contributed by atoms with Crippen molar-refractivity contribution in [2.24, 2.45) is 5.92 Å². The van der Waals surface area contributed by atoms with Crippen molar-refractivity contribution in [2.75, 3.05) is 11.5 Å². The van der Waals surface area contributed by atoms with Gasteiger partial charge in [-0.1, -0.05) is 19.9 Å². The predicted molar refractivity (Wildman–Crippen MR) is 125 cm³/mol. The Balaban J connectivity index is 1.73. The van der Waals surface area contributed by atoms with E-state index in [0.29, 0.717) is 29.2 Å². The molecule has 33 heavy (non-hydrogen) atoms. The zero-order valence-electron chi connectivity index (χ0n) is 19.1. The van der Waals surface area contributed by atoms with Gasteiger partial charge in [0.05, 0.1) is 29.7 Å². The summed E-state index contributed by atoms with van der Waals surface area (Å²) < 4.78 is 5.33. The van der Waals surface area contributed by atoms with Crippen molar-refractivity contribution in [3.8, 4) is 11.3 Å². The quantitative estimate of drug-likeness (QED) is 0.607. The Hall–Kier alpha value is -3.81. The van der Waals surface area contributed by atoms with E-state index in [4.69, 9.17) is 4.74 Å². The molecule has 8 nitrogen and oxygen atoms in total. The number of benzene rings is 1. The van der Waals surface area contributed by atoms with Crippen molar-refractivity contribution in [3.05, 3.63) is 71.9 Å². The van der Waals surface area contributed by atoms with E-state index in [9.17, 15) is 9.59 Å². The van der Waals surface area contributed by atoms with Crippen molar-refractivity contribution in [3.63, 3.8) is 0 Å². The predicted octanol–water partition coefficient (Wildman–Crippen LogP) is 4.32. The van der Waals surface area contributed by atoms with E-state index in [1.54, 1.807) is 41.8 Å². The third kappa shape index (κ3) is 4.84. The number of ether oxygens (including phenoxy) is 1. The lowest BCUT2D eigenvalue weighted by Crippen LogP contribution is -2.37. The molecule has 1 saturated heterocycles. The molecule has 8 heteroatoms. The van der Waals surface area contributed by atoms with Gasteiger partial charge in [0.15, 0.2) is 0 Å². The number of hydrogen-bond donors (Lipinski definition) is 1. The van der Waals surface area contributed by atoms with Crippen molar-refractivity contribution in [1.29, 1.82) is 0 Å². The van der Waals surface area contributed by atoms with Gasteiger partial charge in [0, 0.05) is 35.4 Å². The summed E-state index contributed by atoms with van der Waals surface area (Å²) in [6.45, 7) is 8.21. The highest BCUT2D eigenvalue weighted by Gasteiger charge is 2.36. The Bertz CT molecular complexity index is 1150. The summed E-state index contributed by atoms with van der Waals surface area (Å²) >= 11 is 0. The number of hydrogen-bond acceptors (Lipinski definition) is 6. The number of amides is 2. The Morgan fingerprint density at radius 3 is 2.61 bits per heavy atom. The molecule has 1 aliphatic rings. The molecule has 0 spiro atoms. The lowest BCUT2D eigenvalue weighted by atomic mass is 10.0. The Morgan fingerprint density at radius 1 is 1.12 bits per heavy atom. The Morgan fingerprint density at radius 2 is 1.94 bits per heavy atom. The molecule has 170 valence electrons. The number of anilines is 1. The number of nitrogens with zero attached hydrogens (tertiary/aromatic N) is 4. The van der Waals surface area contributed by atoms with Gasteiger partial charge < -0.3 is 10.1 Å². The van der Waals surface area contributed by atoms with E-state index in [-0.39, 0.29) is 23.9 Å². The van der Waals surface area contributed by atoms with Crippen LogP contribution in [-0.4, -0.2) is 39.6 Å². The van der Waals surface area contributed by atoms with E-state index in [1.807, 2.05) is 45.9 Å². The maximum absolute atomic E-state index is 13.2. The minimum absolute atomic E-state index is 0.117. The first-order valence-corrected chi connectivity index (χ1v) is 10.9. The van der Waals surface area contributed by atoms with Crippen LogP contribution >= 0.6 is 0 Å². The van der Waals surface area contributed by atoms with Gasteiger partial charge in [0.25, 0.3) is 5.91 Å². The topological polar surface area (TPSA) is 97.3 Å². The maximum atomic E-state index is 13.2. The summed E-state index contributed by atoms with van der Waals surface area (Å²) in [7, 11) is 0. The van der Waals surface area contributed by atoms with Gasteiger partial charge in [-0.3, -0.25) is 24.6 Å². The first-order chi connectivity index (χ1) is 15.8. The van der Waals surface area contributed by atoms with Crippen LogP contribution in [0.25, 0.3) is 11.3 Å². The molecule has 2 unspecified atom stereocenters. The number of nitrogens with one attached hydrogen (secondary N) is 1. The number of carbonyl (C=O) groups excluding carboxylic acids is 2. The van der Waals surface area contributed by atoms with Crippen LogP contribution in [0.2, 0.25) is 0 Å². The van der Waals surface area contributed by atoms with Crippen LogP contribution in [0, 0.1) is 12.8 Å². The van der Waals surface area contributed by atoms with Crippen molar-refractivity contribution >= 4 is 17.7 Å². The summed E-state index contributed by atoms with van der Waals surface area (Å²) in [5.74, 6) is -0.0939. The normalized spacial score (nSPS) is 16.6. The number of aryl methyl sites for hydroxylation is 1. The first kappa shape index (κ1) is 22.4. The summed E-state index contributed by atoms with van der Waals surface area (Å²) in [6, 6.07) is 8.79. The number of aromatic nitrogens is 3. The molecule has 0 saturated carbocycles. The molecule has 3 heterocycles. The highest BCUT2D eigenvalue weighted by Crippen LogP contribution is 2.32. The molecule has 1 fully saturated rings. The Labute approximate surface area is 193 Å². The lowest BCUT2D eigenvalue weighted by Gasteiger charge is -2.25. The van der Waals surface area contributed by atoms with E-state index in [2.05, 4.69) is 20.3 Å². The second-order valence-electron chi connectivity index (χ2n) is 8.57. The van der Waals surface area contributed by atoms with Crippen LogP contribution in [0.4, 0.5) is 10.5 Å².